The van der Waals surface area contributed by atoms with E-state index in [1.54, 1.807) is 41.2 Å². The van der Waals surface area contributed by atoms with Gasteiger partial charge in [-0.25, -0.2) is 18.7 Å². The highest BCUT2D eigenvalue weighted by Gasteiger charge is 2.29. The summed E-state index contributed by atoms with van der Waals surface area (Å²) in [7, 11) is 2.17. The van der Waals surface area contributed by atoms with E-state index in [9.17, 15) is 23.2 Å². The van der Waals surface area contributed by atoms with Crippen LogP contribution in [0.2, 0.25) is 0 Å². The number of rotatable bonds is 19. The zero-order valence-electron chi connectivity index (χ0n) is 34.4. The highest BCUT2D eigenvalue weighted by molar-refractivity contribution is 6.11. The first kappa shape index (κ1) is 41.8. The third kappa shape index (κ3) is 10.9. The number of carbonyl (C=O) groups excluding carboxylic acids is 3. The van der Waals surface area contributed by atoms with Gasteiger partial charge in [0.2, 0.25) is 11.8 Å². The molecule has 13 nitrogen and oxygen atoms in total. The highest BCUT2D eigenvalue weighted by Crippen LogP contribution is 2.36. The van der Waals surface area contributed by atoms with Gasteiger partial charge in [0.25, 0.3) is 18.2 Å². The van der Waals surface area contributed by atoms with Crippen LogP contribution in [0, 0.1) is 11.8 Å². The number of unbranched alkanes of at least 4 members (excludes halogenated alkanes) is 3. The molecule has 0 saturated heterocycles. The lowest BCUT2D eigenvalue weighted by atomic mass is 9.86. The molecule has 0 unspecified atom stereocenters. The van der Waals surface area contributed by atoms with E-state index in [2.05, 4.69) is 55.1 Å². The average molecular weight is 835 g/mol. The first-order valence-electron chi connectivity index (χ1n) is 21.4. The van der Waals surface area contributed by atoms with Gasteiger partial charge >= 0.3 is 0 Å². The molecule has 2 aromatic carbocycles. The van der Waals surface area contributed by atoms with Gasteiger partial charge in [-0.2, -0.15) is 5.10 Å². The molecule has 3 aromatic heterocycles. The summed E-state index contributed by atoms with van der Waals surface area (Å²) in [5, 5.41) is 12.5. The van der Waals surface area contributed by atoms with Crippen molar-refractivity contribution in [1.82, 2.24) is 30.0 Å². The van der Waals surface area contributed by atoms with Crippen LogP contribution in [0.3, 0.4) is 0 Å². The number of oxazole rings is 1. The molecule has 61 heavy (non-hydrogen) atoms. The molecule has 0 bridgehead atoms. The van der Waals surface area contributed by atoms with Crippen LogP contribution in [-0.4, -0.2) is 69.1 Å². The SMILES string of the molecule is CN(CCCCCCc1ccc(Oc2cccc3c2C(=O)NC(=O)C3)cc1)C[C@H]1CC[C@H](n2cc(NC(=O)c3coc(-c4ccnc(NCC5CC5)c4)n3)c(C(F)F)n2)CC1. The number of hydrogen-bond donors (Lipinski definition) is 3. The zero-order valence-corrected chi connectivity index (χ0v) is 34.4. The van der Waals surface area contributed by atoms with Crippen LogP contribution in [0.5, 0.6) is 11.5 Å². The lowest BCUT2D eigenvalue weighted by Gasteiger charge is -2.31. The fourth-order valence-electron chi connectivity index (χ4n) is 8.29. The number of aromatic nitrogens is 4. The summed E-state index contributed by atoms with van der Waals surface area (Å²) in [4.78, 5) is 48.4. The topological polar surface area (TPSA) is 157 Å². The van der Waals surface area contributed by atoms with Crippen molar-refractivity contribution in [2.75, 3.05) is 37.3 Å². The maximum absolute atomic E-state index is 14.1. The Hall–Kier alpha value is -5.96. The Kier molecular flexibility index (Phi) is 13.1. The third-order valence-electron chi connectivity index (χ3n) is 11.8. The molecule has 2 saturated carbocycles. The molecular formula is C46H52F2N8O5. The summed E-state index contributed by atoms with van der Waals surface area (Å²) in [5.41, 5.74) is 2.46. The van der Waals surface area contributed by atoms with E-state index in [1.165, 1.54) is 30.9 Å². The number of fused-ring (bicyclic) bond motifs is 1. The Bertz CT molecular complexity index is 2320. The highest BCUT2D eigenvalue weighted by atomic mass is 19.3. The van der Waals surface area contributed by atoms with Crippen molar-refractivity contribution < 1.29 is 32.3 Å². The summed E-state index contributed by atoms with van der Waals surface area (Å²) < 4.78 is 41.5. The van der Waals surface area contributed by atoms with Gasteiger partial charge in [0.1, 0.15) is 23.6 Å². The van der Waals surface area contributed by atoms with E-state index in [0.717, 1.165) is 77.4 Å². The Labute approximate surface area is 353 Å². The third-order valence-corrected chi connectivity index (χ3v) is 11.8. The second-order valence-corrected chi connectivity index (χ2v) is 16.6. The number of pyridine rings is 1. The smallest absolute Gasteiger partial charge is 0.284 e. The summed E-state index contributed by atoms with van der Waals surface area (Å²) in [6.45, 7) is 2.87. The van der Waals surface area contributed by atoms with E-state index in [0.29, 0.717) is 45.8 Å². The molecule has 5 aromatic rings. The Balaban J connectivity index is 0.732. The van der Waals surface area contributed by atoms with E-state index >= 15 is 0 Å². The van der Waals surface area contributed by atoms with E-state index in [-0.39, 0.29) is 35.6 Å². The van der Waals surface area contributed by atoms with Gasteiger partial charge in [0, 0.05) is 31.0 Å². The minimum atomic E-state index is -2.85. The number of benzene rings is 2. The minimum absolute atomic E-state index is 0.0197. The van der Waals surface area contributed by atoms with Gasteiger partial charge in [-0.15, -0.1) is 0 Å². The Morgan fingerprint density at radius 1 is 1.00 bits per heavy atom. The first-order chi connectivity index (χ1) is 29.6. The molecule has 3 aliphatic rings. The number of alkyl halides is 2. The van der Waals surface area contributed by atoms with Gasteiger partial charge in [-0.05, 0) is 125 Å². The molecule has 0 atom stereocenters. The molecule has 2 fully saturated rings. The quantitative estimate of drug-likeness (QED) is 0.0542. The maximum Gasteiger partial charge on any atom is 0.284 e. The van der Waals surface area contributed by atoms with Gasteiger partial charge in [0.05, 0.1) is 23.7 Å². The van der Waals surface area contributed by atoms with Crippen LogP contribution in [0.1, 0.15) is 114 Å². The molecule has 3 amide bonds. The van der Waals surface area contributed by atoms with Gasteiger partial charge in [-0.1, -0.05) is 37.1 Å². The molecule has 15 heteroatoms. The number of imide groups is 1. The van der Waals surface area contributed by atoms with Crippen molar-refractivity contribution >= 4 is 29.2 Å². The minimum Gasteiger partial charge on any atom is -0.457 e. The fraction of sp³-hybridized carbons (Fsp3) is 0.435. The van der Waals surface area contributed by atoms with E-state index in [4.69, 9.17) is 9.15 Å². The Morgan fingerprint density at radius 3 is 2.57 bits per heavy atom. The van der Waals surface area contributed by atoms with Crippen molar-refractivity contribution in [3.05, 3.63) is 101 Å². The molecule has 0 radical (unpaired) electrons. The number of nitrogens with one attached hydrogen (secondary N) is 3. The fourth-order valence-corrected chi connectivity index (χ4v) is 8.29. The number of aryl methyl sites for hydroxylation is 1. The van der Waals surface area contributed by atoms with E-state index in [1.807, 2.05) is 12.1 Å². The maximum atomic E-state index is 14.1. The molecule has 0 spiro atoms. The number of amides is 3. The predicted molar refractivity (Wildman–Crippen MR) is 226 cm³/mol. The van der Waals surface area contributed by atoms with Gasteiger partial charge < -0.3 is 24.7 Å². The molecule has 320 valence electrons. The lowest BCUT2D eigenvalue weighted by Crippen LogP contribution is -2.37. The van der Waals surface area contributed by atoms with Crippen molar-refractivity contribution in [1.29, 1.82) is 0 Å². The summed E-state index contributed by atoms with van der Waals surface area (Å²) in [6, 6.07) is 16.8. The molecular weight excluding hydrogens is 783 g/mol. The van der Waals surface area contributed by atoms with Crippen LogP contribution >= 0.6 is 0 Å². The van der Waals surface area contributed by atoms with Gasteiger partial charge in [0.15, 0.2) is 11.4 Å². The van der Waals surface area contributed by atoms with Crippen LogP contribution in [0.25, 0.3) is 11.5 Å². The van der Waals surface area contributed by atoms with Crippen LogP contribution in [0.15, 0.2) is 77.7 Å². The molecule has 4 heterocycles. The number of hydrogen-bond acceptors (Lipinski definition) is 10. The summed E-state index contributed by atoms with van der Waals surface area (Å²) >= 11 is 0. The Morgan fingerprint density at radius 2 is 1.79 bits per heavy atom. The number of ether oxygens (including phenoxy) is 1. The van der Waals surface area contributed by atoms with Gasteiger partial charge in [-0.3, -0.25) is 24.4 Å². The summed E-state index contributed by atoms with van der Waals surface area (Å²) in [5.74, 6) is 1.83. The zero-order chi connectivity index (χ0) is 42.3. The summed E-state index contributed by atoms with van der Waals surface area (Å²) in [6.07, 6.45) is 13.2. The second-order valence-electron chi connectivity index (χ2n) is 16.6. The van der Waals surface area contributed by atoms with Crippen LogP contribution < -0.4 is 20.7 Å². The number of nitrogens with zero attached hydrogens (tertiary/aromatic N) is 5. The predicted octanol–water partition coefficient (Wildman–Crippen LogP) is 9.02. The monoisotopic (exact) mass is 834 g/mol. The van der Waals surface area contributed by atoms with Crippen LogP contribution in [0.4, 0.5) is 20.3 Å². The number of carbonyl (C=O) groups is 3. The molecule has 8 rings (SSSR count). The van der Waals surface area contributed by atoms with Crippen molar-refractivity contribution in [2.24, 2.45) is 11.8 Å². The van der Waals surface area contributed by atoms with Crippen molar-refractivity contribution in [2.45, 2.75) is 89.5 Å². The van der Waals surface area contributed by atoms with Crippen molar-refractivity contribution in [3.63, 3.8) is 0 Å². The average Bonchev–Trinajstić information content (AvgIpc) is 3.77. The molecule has 2 aliphatic carbocycles. The lowest BCUT2D eigenvalue weighted by molar-refractivity contribution is -0.119. The molecule has 1 aliphatic heterocycles. The largest absolute Gasteiger partial charge is 0.457 e. The van der Waals surface area contributed by atoms with Crippen molar-refractivity contribution in [3.8, 4) is 23.0 Å². The number of anilines is 2. The van der Waals surface area contributed by atoms with Crippen LogP contribution in [-0.2, 0) is 17.6 Å². The first-order valence-corrected chi connectivity index (χ1v) is 21.4. The standard InChI is InChI=1S/C46H52F2N8O5/c1-55(22-5-3-2-4-7-29-14-18-35(19-15-29)61-38-9-6-8-32-24-40(57)53-45(59)41(32)38)26-31-12-16-34(17-13-31)56-27-36(42(54-56)43(47)48)51-44(58)37-28-60-46(52-37)33-20-21-49-39(23-33)50-25-30-10-11-30/h6,8-9,14-15,18-21,23,27-28,30-31,34,43H,2-5,7,10-13,16-17,22,24-26H2,1H3,(H,49,50)(H,51,58)(H,53,57,59)/t31-,34-. The normalized spacial score (nSPS) is 17.7. The van der Waals surface area contributed by atoms with E-state index < -0.39 is 23.9 Å². The second kappa shape index (κ2) is 19.2. The number of halogens is 2. The molecule has 3 N–H and O–H groups in total.